The van der Waals surface area contributed by atoms with Crippen LogP contribution in [0.1, 0.15) is 49.6 Å². The topological polar surface area (TPSA) is 56.1 Å². The Bertz CT molecular complexity index is 748. The largest absolute Gasteiger partial charge is 0.385 e. The van der Waals surface area contributed by atoms with Crippen molar-refractivity contribution in [2.45, 2.75) is 52.0 Å². The Hall–Kier alpha value is -1.40. The van der Waals surface area contributed by atoms with Crippen LogP contribution in [0.3, 0.4) is 0 Å². The van der Waals surface area contributed by atoms with Crippen LogP contribution in [0, 0.1) is 0 Å². The summed E-state index contributed by atoms with van der Waals surface area (Å²) >= 11 is 1.70. The minimum Gasteiger partial charge on any atom is -0.385 e. The molecule has 0 saturated heterocycles. The van der Waals surface area contributed by atoms with Crippen LogP contribution in [0.4, 0.5) is 5.95 Å². The zero-order chi connectivity index (χ0) is 16.4. The van der Waals surface area contributed by atoms with Crippen LogP contribution in [0.15, 0.2) is 4.79 Å². The van der Waals surface area contributed by atoms with Gasteiger partial charge in [0.15, 0.2) is 0 Å². The van der Waals surface area contributed by atoms with E-state index in [1.165, 1.54) is 23.3 Å². The number of ether oxygens (including phenoxy) is 1. The standard InChI is InChI=1S/C17H25N3O2S/c1-11(2)20-16(21)14-12-7-4-5-8-13(12)23-15(14)19-17(20)18-9-6-10-22-3/h11H,4-10H2,1-3H3,(H,18,19). The highest BCUT2D eigenvalue weighted by molar-refractivity contribution is 7.18. The number of fused-ring (bicyclic) bond motifs is 3. The molecule has 2 aromatic heterocycles. The fraction of sp³-hybridized carbons (Fsp3) is 0.647. The molecular formula is C17H25N3O2S. The molecule has 0 bridgehead atoms. The summed E-state index contributed by atoms with van der Waals surface area (Å²) in [5.74, 6) is 0.687. The zero-order valence-corrected chi connectivity index (χ0v) is 15.0. The predicted molar refractivity (Wildman–Crippen MR) is 95.9 cm³/mol. The van der Waals surface area contributed by atoms with Crippen LogP contribution < -0.4 is 10.9 Å². The summed E-state index contributed by atoms with van der Waals surface area (Å²) in [7, 11) is 1.70. The van der Waals surface area contributed by atoms with Crippen molar-refractivity contribution in [1.29, 1.82) is 0 Å². The monoisotopic (exact) mass is 335 g/mol. The lowest BCUT2D eigenvalue weighted by molar-refractivity contribution is 0.197. The second-order valence-electron chi connectivity index (χ2n) is 6.37. The smallest absolute Gasteiger partial charge is 0.264 e. The molecule has 0 fully saturated rings. The van der Waals surface area contributed by atoms with Gasteiger partial charge in [-0.3, -0.25) is 9.36 Å². The third-order valence-electron chi connectivity index (χ3n) is 4.35. The summed E-state index contributed by atoms with van der Waals surface area (Å²) in [6.07, 6.45) is 5.40. The van der Waals surface area contributed by atoms with Gasteiger partial charge < -0.3 is 10.1 Å². The summed E-state index contributed by atoms with van der Waals surface area (Å²) in [5.41, 5.74) is 1.37. The Morgan fingerprint density at radius 3 is 2.87 bits per heavy atom. The minimum absolute atomic E-state index is 0.0865. The van der Waals surface area contributed by atoms with Crippen LogP contribution >= 0.6 is 11.3 Å². The van der Waals surface area contributed by atoms with Crippen molar-refractivity contribution in [3.63, 3.8) is 0 Å². The van der Waals surface area contributed by atoms with E-state index in [1.807, 2.05) is 13.8 Å². The molecule has 23 heavy (non-hydrogen) atoms. The van der Waals surface area contributed by atoms with Crippen molar-refractivity contribution in [3.05, 3.63) is 20.8 Å². The average Bonchev–Trinajstić information content (AvgIpc) is 2.89. The van der Waals surface area contributed by atoms with Crippen molar-refractivity contribution in [1.82, 2.24) is 9.55 Å². The molecule has 0 aliphatic heterocycles. The maximum absolute atomic E-state index is 13.1. The molecule has 0 atom stereocenters. The van der Waals surface area contributed by atoms with E-state index in [2.05, 4.69) is 5.32 Å². The molecule has 2 heterocycles. The summed E-state index contributed by atoms with van der Waals surface area (Å²) in [5, 5.41) is 4.18. The number of nitrogens with one attached hydrogen (secondary N) is 1. The van der Waals surface area contributed by atoms with E-state index >= 15 is 0 Å². The lowest BCUT2D eigenvalue weighted by atomic mass is 9.97. The molecule has 0 radical (unpaired) electrons. The number of aryl methyl sites for hydroxylation is 2. The van der Waals surface area contributed by atoms with Gasteiger partial charge in [-0.2, -0.15) is 0 Å². The first kappa shape index (κ1) is 16.5. The first-order valence-corrected chi connectivity index (χ1v) is 9.24. The number of anilines is 1. The second-order valence-corrected chi connectivity index (χ2v) is 7.45. The van der Waals surface area contributed by atoms with E-state index in [0.717, 1.165) is 36.0 Å². The van der Waals surface area contributed by atoms with Crippen LogP contribution in [-0.4, -0.2) is 29.8 Å². The summed E-state index contributed by atoms with van der Waals surface area (Å²) in [6.45, 7) is 5.53. The first-order chi connectivity index (χ1) is 11.1. The molecule has 0 amide bonds. The maximum Gasteiger partial charge on any atom is 0.264 e. The van der Waals surface area contributed by atoms with Gasteiger partial charge in [0, 0.05) is 31.2 Å². The van der Waals surface area contributed by atoms with Gasteiger partial charge in [0.05, 0.1) is 5.39 Å². The van der Waals surface area contributed by atoms with Crippen LogP contribution in [0.25, 0.3) is 10.2 Å². The van der Waals surface area contributed by atoms with Gasteiger partial charge in [-0.1, -0.05) is 0 Å². The van der Waals surface area contributed by atoms with Crippen LogP contribution in [-0.2, 0) is 17.6 Å². The number of aromatic nitrogens is 2. The zero-order valence-electron chi connectivity index (χ0n) is 14.1. The van der Waals surface area contributed by atoms with Gasteiger partial charge in [0.25, 0.3) is 5.56 Å². The van der Waals surface area contributed by atoms with Crippen molar-refractivity contribution in [3.8, 4) is 0 Å². The number of methoxy groups -OCH3 is 1. The third kappa shape index (κ3) is 3.15. The van der Waals surface area contributed by atoms with Gasteiger partial charge in [0.1, 0.15) is 4.83 Å². The molecule has 0 unspecified atom stereocenters. The number of rotatable bonds is 6. The molecule has 6 heteroatoms. The molecule has 1 N–H and O–H groups in total. The molecule has 2 aromatic rings. The van der Waals surface area contributed by atoms with Crippen molar-refractivity contribution in [2.75, 3.05) is 25.6 Å². The number of thiophene rings is 1. The fourth-order valence-corrected chi connectivity index (χ4v) is 4.49. The Labute approximate surface area is 140 Å². The predicted octanol–water partition coefficient (Wildman–Crippen LogP) is 3.37. The maximum atomic E-state index is 13.1. The van der Waals surface area contributed by atoms with E-state index in [9.17, 15) is 4.79 Å². The number of hydrogen-bond acceptors (Lipinski definition) is 5. The van der Waals surface area contributed by atoms with Crippen LogP contribution in [0.2, 0.25) is 0 Å². The SMILES string of the molecule is COCCCNc1nc2sc3c(c2c(=O)n1C(C)C)CCCC3. The van der Waals surface area contributed by atoms with Crippen molar-refractivity contribution in [2.24, 2.45) is 0 Å². The number of nitrogens with zero attached hydrogens (tertiary/aromatic N) is 2. The summed E-state index contributed by atoms with van der Waals surface area (Å²) in [4.78, 5) is 20.1. The van der Waals surface area contributed by atoms with Crippen molar-refractivity contribution < 1.29 is 4.74 Å². The molecule has 0 saturated carbocycles. The average molecular weight is 335 g/mol. The first-order valence-electron chi connectivity index (χ1n) is 8.43. The molecule has 1 aliphatic carbocycles. The Morgan fingerprint density at radius 2 is 2.13 bits per heavy atom. The highest BCUT2D eigenvalue weighted by Crippen LogP contribution is 2.34. The van der Waals surface area contributed by atoms with Gasteiger partial charge in [-0.25, -0.2) is 4.98 Å². The molecule has 5 nitrogen and oxygen atoms in total. The van der Waals surface area contributed by atoms with E-state index in [-0.39, 0.29) is 11.6 Å². The lowest BCUT2D eigenvalue weighted by Gasteiger charge is -2.17. The fourth-order valence-electron chi connectivity index (χ4n) is 3.24. The van der Waals surface area contributed by atoms with Gasteiger partial charge >= 0.3 is 0 Å². The third-order valence-corrected chi connectivity index (χ3v) is 5.53. The highest BCUT2D eigenvalue weighted by Gasteiger charge is 2.22. The quantitative estimate of drug-likeness (QED) is 0.822. The van der Waals surface area contributed by atoms with Gasteiger partial charge in [0.2, 0.25) is 5.95 Å². The van der Waals surface area contributed by atoms with E-state index in [0.29, 0.717) is 12.6 Å². The van der Waals surface area contributed by atoms with Gasteiger partial charge in [-0.05, 0) is 51.5 Å². The molecule has 126 valence electrons. The molecule has 3 rings (SSSR count). The summed E-state index contributed by atoms with van der Waals surface area (Å²) < 4.78 is 6.88. The lowest BCUT2D eigenvalue weighted by Crippen LogP contribution is -2.27. The Balaban J connectivity index is 2.05. The molecular weight excluding hydrogens is 310 g/mol. The highest BCUT2D eigenvalue weighted by atomic mass is 32.1. The van der Waals surface area contributed by atoms with Crippen molar-refractivity contribution >= 4 is 27.5 Å². The molecule has 0 spiro atoms. The summed E-state index contributed by atoms with van der Waals surface area (Å²) in [6, 6.07) is 0.0865. The molecule has 1 aliphatic rings. The minimum atomic E-state index is 0.0865. The normalized spacial score (nSPS) is 14.4. The Morgan fingerprint density at radius 1 is 1.35 bits per heavy atom. The van der Waals surface area contributed by atoms with E-state index in [4.69, 9.17) is 9.72 Å². The van der Waals surface area contributed by atoms with Gasteiger partial charge in [-0.15, -0.1) is 11.3 Å². The van der Waals surface area contributed by atoms with E-state index < -0.39 is 0 Å². The second kappa shape index (κ2) is 7.01. The molecule has 0 aromatic carbocycles. The Kier molecular flexibility index (Phi) is 5.02. The van der Waals surface area contributed by atoms with Crippen LogP contribution in [0.5, 0.6) is 0 Å². The number of hydrogen-bond donors (Lipinski definition) is 1. The van der Waals surface area contributed by atoms with E-state index in [1.54, 1.807) is 23.0 Å².